The van der Waals surface area contributed by atoms with Gasteiger partial charge in [-0.1, -0.05) is 29.8 Å². The van der Waals surface area contributed by atoms with Crippen molar-refractivity contribution < 1.29 is 19.1 Å². The number of alkyl carbamates (subject to hydrolysis) is 1. The van der Waals surface area contributed by atoms with Crippen LogP contribution in [0.2, 0.25) is 0 Å². The second kappa shape index (κ2) is 9.07. The Labute approximate surface area is 166 Å². The number of nitrogens with one attached hydrogen (secondary N) is 2. The number of nitrogens with zero attached hydrogens (tertiary/aromatic N) is 1. The van der Waals surface area contributed by atoms with Crippen LogP contribution in [0.4, 0.5) is 16.2 Å². The van der Waals surface area contributed by atoms with Gasteiger partial charge in [-0.15, -0.1) is 0 Å². The van der Waals surface area contributed by atoms with Gasteiger partial charge in [0.05, 0.1) is 18.5 Å². The van der Waals surface area contributed by atoms with Gasteiger partial charge < -0.3 is 26.0 Å². The number of anilines is 2. The zero-order valence-corrected chi connectivity index (χ0v) is 17.2. The fourth-order valence-corrected chi connectivity index (χ4v) is 3.42. The number of nitrogen functional groups attached to an aromatic ring is 1. The molecule has 0 saturated carbocycles. The standard InChI is InChI=1S/C18H25BrN4O4/c1-10(2)15(22-18(26)27-3)17(25)23-8-4-5-14(23)16(24)21-13-7-6-11(19)9-12(13)20/h6-7,9-10,14-15H,4-5,8,20H2,1-3H3,(H,21,24)(H,22,26)/t14-,15+/m0/s1. The summed E-state index contributed by atoms with van der Waals surface area (Å²) < 4.78 is 5.41. The molecular formula is C18H25BrN4O4. The number of hydrogen-bond acceptors (Lipinski definition) is 5. The van der Waals surface area contributed by atoms with Gasteiger partial charge in [-0.3, -0.25) is 9.59 Å². The molecule has 1 aromatic rings. The normalized spacial score (nSPS) is 17.5. The summed E-state index contributed by atoms with van der Waals surface area (Å²) in [4.78, 5) is 38.8. The zero-order chi connectivity index (χ0) is 20.1. The molecule has 2 atom stereocenters. The molecule has 8 nitrogen and oxygen atoms in total. The van der Waals surface area contributed by atoms with Crippen molar-refractivity contribution in [3.8, 4) is 0 Å². The molecule has 1 fully saturated rings. The smallest absolute Gasteiger partial charge is 0.407 e. The van der Waals surface area contributed by atoms with E-state index in [9.17, 15) is 14.4 Å². The predicted molar refractivity (Wildman–Crippen MR) is 106 cm³/mol. The summed E-state index contributed by atoms with van der Waals surface area (Å²) in [7, 11) is 1.24. The summed E-state index contributed by atoms with van der Waals surface area (Å²) in [6.07, 6.45) is 0.588. The predicted octanol–water partition coefficient (Wildman–Crippen LogP) is 2.34. The zero-order valence-electron chi connectivity index (χ0n) is 15.6. The van der Waals surface area contributed by atoms with Crippen molar-refractivity contribution in [2.24, 2.45) is 5.92 Å². The summed E-state index contributed by atoms with van der Waals surface area (Å²) in [5.41, 5.74) is 6.86. The molecule has 0 radical (unpaired) electrons. The van der Waals surface area contributed by atoms with Gasteiger partial charge in [0.25, 0.3) is 0 Å². The van der Waals surface area contributed by atoms with Crippen LogP contribution in [-0.2, 0) is 14.3 Å². The Morgan fingerprint density at radius 3 is 2.63 bits per heavy atom. The highest BCUT2D eigenvalue weighted by molar-refractivity contribution is 9.10. The first-order chi connectivity index (χ1) is 12.7. The Morgan fingerprint density at radius 1 is 1.33 bits per heavy atom. The first kappa shape index (κ1) is 21.0. The summed E-state index contributed by atoms with van der Waals surface area (Å²) in [5, 5.41) is 5.35. The molecule has 1 heterocycles. The van der Waals surface area contributed by atoms with Crippen LogP contribution < -0.4 is 16.4 Å². The highest BCUT2D eigenvalue weighted by Gasteiger charge is 2.38. The van der Waals surface area contributed by atoms with Gasteiger partial charge in [-0.05, 0) is 37.0 Å². The molecule has 4 N–H and O–H groups in total. The van der Waals surface area contributed by atoms with E-state index >= 15 is 0 Å². The van der Waals surface area contributed by atoms with E-state index in [0.29, 0.717) is 30.8 Å². The largest absolute Gasteiger partial charge is 0.453 e. The number of benzene rings is 1. The van der Waals surface area contributed by atoms with Gasteiger partial charge in [0, 0.05) is 11.0 Å². The Kier molecular flexibility index (Phi) is 7.06. The fraction of sp³-hybridized carbons (Fsp3) is 0.500. The van der Waals surface area contributed by atoms with Crippen molar-refractivity contribution in [1.29, 1.82) is 0 Å². The maximum Gasteiger partial charge on any atom is 0.407 e. The van der Waals surface area contributed by atoms with E-state index in [1.165, 1.54) is 12.0 Å². The minimum absolute atomic E-state index is 0.150. The fourth-order valence-electron chi connectivity index (χ4n) is 3.04. The Morgan fingerprint density at radius 2 is 2.04 bits per heavy atom. The van der Waals surface area contributed by atoms with Crippen molar-refractivity contribution >= 4 is 45.2 Å². The van der Waals surface area contributed by atoms with Gasteiger partial charge in [0.1, 0.15) is 12.1 Å². The maximum absolute atomic E-state index is 13.0. The van der Waals surface area contributed by atoms with Crippen LogP contribution in [0.25, 0.3) is 0 Å². The SMILES string of the molecule is COC(=O)N[C@@H](C(=O)N1CCC[C@H]1C(=O)Nc1ccc(Br)cc1N)C(C)C. The first-order valence-corrected chi connectivity index (χ1v) is 9.54. The average Bonchev–Trinajstić information content (AvgIpc) is 3.10. The lowest BCUT2D eigenvalue weighted by molar-refractivity contribution is -0.139. The molecule has 0 aromatic heterocycles. The maximum atomic E-state index is 13.0. The molecule has 9 heteroatoms. The van der Waals surface area contributed by atoms with Crippen LogP contribution in [0.3, 0.4) is 0 Å². The molecule has 27 heavy (non-hydrogen) atoms. The molecule has 1 saturated heterocycles. The quantitative estimate of drug-likeness (QED) is 0.607. The van der Waals surface area contributed by atoms with Crippen LogP contribution >= 0.6 is 15.9 Å². The molecule has 1 aliphatic rings. The highest BCUT2D eigenvalue weighted by atomic mass is 79.9. The highest BCUT2D eigenvalue weighted by Crippen LogP contribution is 2.26. The number of likely N-dealkylation sites (tertiary alicyclic amines) is 1. The van der Waals surface area contributed by atoms with Crippen LogP contribution in [0.5, 0.6) is 0 Å². The molecular weight excluding hydrogens is 416 g/mol. The third-order valence-electron chi connectivity index (χ3n) is 4.50. The number of nitrogens with two attached hydrogens (primary N) is 1. The summed E-state index contributed by atoms with van der Waals surface area (Å²) in [5.74, 6) is -0.740. The molecule has 148 valence electrons. The summed E-state index contributed by atoms with van der Waals surface area (Å²) in [6, 6.07) is 3.81. The van der Waals surface area contributed by atoms with Gasteiger partial charge in [-0.25, -0.2) is 4.79 Å². The molecule has 0 bridgehead atoms. The van der Waals surface area contributed by atoms with Crippen LogP contribution in [-0.4, -0.2) is 48.5 Å². The van der Waals surface area contributed by atoms with Gasteiger partial charge in [0.2, 0.25) is 11.8 Å². The summed E-state index contributed by atoms with van der Waals surface area (Å²) in [6.45, 7) is 4.11. The van der Waals surface area contributed by atoms with E-state index < -0.39 is 18.2 Å². The minimum Gasteiger partial charge on any atom is -0.453 e. The van der Waals surface area contributed by atoms with Crippen LogP contribution in [0.1, 0.15) is 26.7 Å². The second-order valence-electron chi connectivity index (χ2n) is 6.77. The average molecular weight is 441 g/mol. The Bertz CT molecular complexity index is 725. The van der Waals surface area contributed by atoms with Crippen molar-refractivity contribution in [2.45, 2.75) is 38.8 Å². The first-order valence-electron chi connectivity index (χ1n) is 8.75. The van der Waals surface area contributed by atoms with Gasteiger partial charge >= 0.3 is 6.09 Å². The van der Waals surface area contributed by atoms with Crippen molar-refractivity contribution in [2.75, 3.05) is 24.7 Å². The van der Waals surface area contributed by atoms with E-state index in [2.05, 4.69) is 31.3 Å². The number of carbonyl (C=O) groups is 3. The number of amides is 3. The number of halogens is 1. The van der Waals surface area contributed by atoms with Crippen LogP contribution in [0, 0.1) is 5.92 Å². The van der Waals surface area contributed by atoms with Crippen LogP contribution in [0.15, 0.2) is 22.7 Å². The third kappa shape index (κ3) is 5.12. The van der Waals surface area contributed by atoms with Crippen molar-refractivity contribution in [1.82, 2.24) is 10.2 Å². The number of ether oxygens (including phenoxy) is 1. The lowest BCUT2D eigenvalue weighted by Crippen LogP contribution is -2.54. The molecule has 3 amide bonds. The number of methoxy groups -OCH3 is 1. The third-order valence-corrected chi connectivity index (χ3v) is 4.99. The molecule has 0 aliphatic carbocycles. The molecule has 2 rings (SSSR count). The Balaban J connectivity index is 2.13. The lowest BCUT2D eigenvalue weighted by Gasteiger charge is -2.30. The molecule has 0 spiro atoms. The second-order valence-corrected chi connectivity index (χ2v) is 7.68. The van der Waals surface area contributed by atoms with E-state index in [-0.39, 0.29) is 17.7 Å². The molecule has 1 aromatic carbocycles. The van der Waals surface area contributed by atoms with Gasteiger partial charge in [-0.2, -0.15) is 0 Å². The molecule has 1 aliphatic heterocycles. The number of rotatable bonds is 5. The lowest BCUT2D eigenvalue weighted by atomic mass is 10.0. The monoisotopic (exact) mass is 440 g/mol. The van der Waals surface area contributed by atoms with E-state index in [1.807, 2.05) is 13.8 Å². The van der Waals surface area contributed by atoms with Crippen molar-refractivity contribution in [3.05, 3.63) is 22.7 Å². The van der Waals surface area contributed by atoms with E-state index in [0.717, 1.165) is 4.47 Å². The number of hydrogen-bond donors (Lipinski definition) is 3. The Hall–Kier alpha value is -2.29. The topological polar surface area (TPSA) is 114 Å². The van der Waals surface area contributed by atoms with E-state index in [4.69, 9.17) is 5.73 Å². The van der Waals surface area contributed by atoms with Crippen molar-refractivity contribution in [3.63, 3.8) is 0 Å². The van der Waals surface area contributed by atoms with E-state index in [1.54, 1.807) is 18.2 Å². The van der Waals surface area contributed by atoms with Gasteiger partial charge in [0.15, 0.2) is 0 Å². The minimum atomic E-state index is -0.761. The molecule has 0 unspecified atom stereocenters. The number of carbonyl (C=O) groups excluding carboxylic acids is 3. The summed E-state index contributed by atoms with van der Waals surface area (Å²) >= 11 is 3.32.